The molecule has 0 fully saturated rings. The highest BCUT2D eigenvalue weighted by atomic mass is 35.5. The summed E-state index contributed by atoms with van der Waals surface area (Å²) in [4.78, 5) is 0. The Hall–Kier alpha value is -0.580. The second-order valence-corrected chi connectivity index (χ2v) is 1.53. The Morgan fingerprint density at radius 2 is 1.20 bits per heavy atom. The fraction of sp³-hybridized carbons (Fsp3) is 0. The SMILES string of the molecule is FC(F)=C(F)C(Cl)=C(F)F. The van der Waals surface area contributed by atoms with E-state index in [1.165, 1.54) is 0 Å². The van der Waals surface area contributed by atoms with Gasteiger partial charge in [0.25, 0.3) is 6.08 Å². The summed E-state index contributed by atoms with van der Waals surface area (Å²) in [5.41, 5.74) is 0. The van der Waals surface area contributed by atoms with Crippen LogP contribution in [0.1, 0.15) is 0 Å². The Morgan fingerprint density at radius 3 is 1.30 bits per heavy atom. The molecule has 0 atom stereocenters. The van der Waals surface area contributed by atoms with E-state index in [-0.39, 0.29) is 0 Å². The minimum Gasteiger partial charge on any atom is -0.199 e. The zero-order valence-corrected chi connectivity index (χ0v) is 5.02. The molecule has 0 aliphatic heterocycles. The van der Waals surface area contributed by atoms with E-state index in [1.807, 2.05) is 0 Å². The van der Waals surface area contributed by atoms with Gasteiger partial charge in [-0.2, -0.15) is 22.0 Å². The van der Waals surface area contributed by atoms with Crippen LogP contribution in [-0.2, 0) is 0 Å². The Kier molecular flexibility index (Phi) is 3.35. The summed E-state index contributed by atoms with van der Waals surface area (Å²) in [5, 5.41) is -1.85. The molecule has 0 spiro atoms. The Balaban J connectivity index is 4.71. The normalized spacial score (nSPS) is 9.00. The monoisotopic (exact) mass is 178 g/mol. The highest BCUT2D eigenvalue weighted by Gasteiger charge is 2.14. The Labute approximate surface area is 57.6 Å². The average Bonchev–Trinajstić information content (AvgIpc) is 1.84. The first-order valence-electron chi connectivity index (χ1n) is 1.88. The molecule has 0 N–H and O–H groups in total. The summed E-state index contributed by atoms with van der Waals surface area (Å²) < 4.78 is 56.2. The van der Waals surface area contributed by atoms with Crippen LogP contribution in [-0.4, -0.2) is 0 Å². The number of allylic oxidation sites excluding steroid dienone is 2. The molecular weight excluding hydrogens is 178 g/mol. The van der Waals surface area contributed by atoms with Gasteiger partial charge in [-0.25, -0.2) is 0 Å². The van der Waals surface area contributed by atoms with E-state index in [0.717, 1.165) is 0 Å². The van der Waals surface area contributed by atoms with Crippen molar-refractivity contribution in [3.8, 4) is 0 Å². The van der Waals surface area contributed by atoms with Crippen LogP contribution in [0.4, 0.5) is 22.0 Å². The lowest BCUT2D eigenvalue weighted by Crippen LogP contribution is -1.77. The van der Waals surface area contributed by atoms with Gasteiger partial charge in [0.1, 0.15) is 5.03 Å². The lowest BCUT2D eigenvalue weighted by molar-refractivity contribution is 0.374. The first kappa shape index (κ1) is 9.42. The van der Waals surface area contributed by atoms with Crippen molar-refractivity contribution in [2.45, 2.75) is 0 Å². The van der Waals surface area contributed by atoms with Gasteiger partial charge >= 0.3 is 6.08 Å². The molecule has 0 bridgehead atoms. The van der Waals surface area contributed by atoms with Gasteiger partial charge in [-0.1, -0.05) is 11.6 Å². The van der Waals surface area contributed by atoms with E-state index >= 15 is 0 Å². The number of halogens is 6. The zero-order valence-electron chi connectivity index (χ0n) is 4.27. The average molecular weight is 178 g/mol. The molecule has 0 radical (unpaired) electrons. The van der Waals surface area contributed by atoms with E-state index in [0.29, 0.717) is 0 Å². The first-order chi connectivity index (χ1) is 4.46. The van der Waals surface area contributed by atoms with Crippen molar-refractivity contribution in [2.75, 3.05) is 0 Å². The summed E-state index contributed by atoms with van der Waals surface area (Å²) >= 11 is 4.38. The highest BCUT2D eigenvalue weighted by Crippen LogP contribution is 2.26. The van der Waals surface area contributed by atoms with Crippen molar-refractivity contribution in [1.29, 1.82) is 0 Å². The van der Waals surface area contributed by atoms with Crippen molar-refractivity contribution < 1.29 is 22.0 Å². The van der Waals surface area contributed by atoms with Crippen LogP contribution >= 0.6 is 11.6 Å². The van der Waals surface area contributed by atoms with Crippen LogP contribution in [0, 0.1) is 0 Å². The predicted octanol–water partition coefficient (Wildman–Crippen LogP) is 3.41. The lowest BCUT2D eigenvalue weighted by atomic mass is 10.5. The van der Waals surface area contributed by atoms with Crippen LogP contribution in [0.2, 0.25) is 0 Å². The maximum atomic E-state index is 11.6. The van der Waals surface area contributed by atoms with E-state index in [9.17, 15) is 22.0 Å². The third-order valence-corrected chi connectivity index (χ3v) is 0.833. The van der Waals surface area contributed by atoms with Gasteiger partial charge in [-0.3, -0.25) is 0 Å². The molecule has 10 heavy (non-hydrogen) atoms. The van der Waals surface area contributed by atoms with Crippen molar-refractivity contribution in [3.05, 3.63) is 23.0 Å². The first-order valence-corrected chi connectivity index (χ1v) is 2.26. The summed E-state index contributed by atoms with van der Waals surface area (Å²) in [6, 6.07) is 0. The molecule has 0 saturated heterocycles. The molecule has 6 heteroatoms. The van der Waals surface area contributed by atoms with Crippen molar-refractivity contribution in [2.24, 2.45) is 0 Å². The number of hydrogen-bond donors (Lipinski definition) is 0. The molecule has 0 unspecified atom stereocenters. The molecule has 0 rings (SSSR count). The van der Waals surface area contributed by atoms with Crippen LogP contribution in [0.15, 0.2) is 23.0 Å². The molecule has 0 aromatic carbocycles. The summed E-state index contributed by atoms with van der Waals surface area (Å²) in [6.07, 6.45) is -5.54. The molecule has 0 saturated carbocycles. The minimum absolute atomic E-state index is 1.85. The standard InChI is InChI=1S/C4ClF5/c5-1(3(7)8)2(6)4(9)10. The zero-order chi connectivity index (χ0) is 8.31. The maximum Gasteiger partial charge on any atom is 0.307 e. The lowest BCUT2D eigenvalue weighted by Gasteiger charge is -1.88. The molecule has 0 aliphatic carbocycles. The van der Waals surface area contributed by atoms with E-state index in [4.69, 9.17) is 0 Å². The molecule has 0 nitrogen and oxygen atoms in total. The largest absolute Gasteiger partial charge is 0.307 e. The molecular formula is C4ClF5. The van der Waals surface area contributed by atoms with Crippen molar-refractivity contribution in [3.63, 3.8) is 0 Å². The Morgan fingerprint density at radius 1 is 0.800 bits per heavy atom. The van der Waals surface area contributed by atoms with Crippen LogP contribution < -0.4 is 0 Å². The van der Waals surface area contributed by atoms with Gasteiger partial charge in [0.2, 0.25) is 5.83 Å². The summed E-state index contributed by atoms with van der Waals surface area (Å²) in [6.45, 7) is 0. The third-order valence-electron chi connectivity index (χ3n) is 0.525. The maximum absolute atomic E-state index is 11.6. The Bertz CT molecular complexity index is 164. The van der Waals surface area contributed by atoms with Crippen LogP contribution in [0.25, 0.3) is 0 Å². The topological polar surface area (TPSA) is 0 Å². The minimum atomic E-state index is -2.86. The van der Waals surface area contributed by atoms with Crippen LogP contribution in [0.5, 0.6) is 0 Å². The van der Waals surface area contributed by atoms with Crippen molar-refractivity contribution in [1.82, 2.24) is 0 Å². The highest BCUT2D eigenvalue weighted by molar-refractivity contribution is 6.31. The fourth-order valence-electron chi connectivity index (χ4n) is 0.166. The fourth-order valence-corrected chi connectivity index (χ4v) is 0.237. The van der Waals surface area contributed by atoms with Gasteiger partial charge in [0, 0.05) is 0 Å². The van der Waals surface area contributed by atoms with E-state index in [1.54, 1.807) is 0 Å². The third kappa shape index (κ3) is 2.34. The molecule has 0 aromatic rings. The van der Waals surface area contributed by atoms with Gasteiger partial charge in [0.05, 0.1) is 0 Å². The quantitative estimate of drug-likeness (QED) is 0.426. The van der Waals surface area contributed by atoms with Gasteiger partial charge in [-0.15, -0.1) is 0 Å². The summed E-state index contributed by atoms with van der Waals surface area (Å²) in [5.74, 6) is -2.39. The van der Waals surface area contributed by atoms with Crippen molar-refractivity contribution >= 4 is 11.6 Å². The second kappa shape index (κ2) is 3.55. The molecule has 0 aliphatic rings. The van der Waals surface area contributed by atoms with Gasteiger partial charge in [0.15, 0.2) is 0 Å². The molecule has 0 heterocycles. The molecule has 58 valence electrons. The van der Waals surface area contributed by atoms with Gasteiger partial charge < -0.3 is 0 Å². The van der Waals surface area contributed by atoms with Gasteiger partial charge in [-0.05, 0) is 0 Å². The second-order valence-electron chi connectivity index (χ2n) is 1.15. The molecule has 0 aromatic heterocycles. The molecule has 0 amide bonds. The van der Waals surface area contributed by atoms with E-state index < -0.39 is 23.0 Å². The number of hydrogen-bond acceptors (Lipinski definition) is 0. The van der Waals surface area contributed by atoms with E-state index in [2.05, 4.69) is 11.6 Å². The summed E-state index contributed by atoms with van der Waals surface area (Å²) in [7, 11) is 0. The van der Waals surface area contributed by atoms with Crippen LogP contribution in [0.3, 0.4) is 0 Å². The predicted molar refractivity (Wildman–Crippen MR) is 25.4 cm³/mol. The smallest absolute Gasteiger partial charge is 0.199 e. The number of rotatable bonds is 1.